The Labute approximate surface area is 116 Å². The molecule has 1 aliphatic carbocycles. The minimum Gasteiger partial charge on any atom is -0.465 e. The van der Waals surface area contributed by atoms with Gasteiger partial charge in [0, 0.05) is 5.92 Å². The minimum absolute atomic E-state index is 0.0913. The van der Waals surface area contributed by atoms with Crippen LogP contribution in [0.1, 0.15) is 18.4 Å². The Kier molecular flexibility index (Phi) is 2.90. The molecular formula is C15H14ClFO2. The predicted octanol–water partition coefficient (Wildman–Crippen LogP) is 3.53. The molecule has 19 heavy (non-hydrogen) atoms. The summed E-state index contributed by atoms with van der Waals surface area (Å²) in [7, 11) is 0. The van der Waals surface area contributed by atoms with Crippen LogP contribution in [0.25, 0.3) is 0 Å². The molecule has 100 valence electrons. The van der Waals surface area contributed by atoms with E-state index in [9.17, 15) is 9.18 Å². The zero-order chi connectivity index (χ0) is 13.6. The highest BCUT2D eigenvalue weighted by Crippen LogP contribution is 2.52. The summed E-state index contributed by atoms with van der Waals surface area (Å²) >= 11 is 5.80. The molecule has 1 aromatic rings. The average Bonchev–Trinajstić information content (AvgIpc) is 2.81. The van der Waals surface area contributed by atoms with E-state index < -0.39 is 11.2 Å². The summed E-state index contributed by atoms with van der Waals surface area (Å²) in [5, 5.41) is 0.0913. The number of esters is 1. The van der Waals surface area contributed by atoms with Crippen molar-refractivity contribution in [2.24, 2.45) is 11.3 Å². The van der Waals surface area contributed by atoms with E-state index in [1.54, 1.807) is 12.1 Å². The van der Waals surface area contributed by atoms with Crippen LogP contribution < -0.4 is 0 Å². The fourth-order valence-corrected chi connectivity index (χ4v) is 3.48. The molecule has 0 radical (unpaired) electrons. The molecule has 0 spiro atoms. The maximum Gasteiger partial charge on any atom is 0.313 e. The van der Waals surface area contributed by atoms with Crippen molar-refractivity contribution in [2.45, 2.75) is 19.3 Å². The zero-order valence-corrected chi connectivity index (χ0v) is 11.2. The number of hydrogen-bond donors (Lipinski definition) is 0. The molecule has 2 aliphatic rings. The normalized spacial score (nSPS) is 29.5. The van der Waals surface area contributed by atoms with Crippen LogP contribution >= 0.6 is 11.6 Å². The van der Waals surface area contributed by atoms with Gasteiger partial charge < -0.3 is 4.74 Å². The Morgan fingerprint density at radius 2 is 2.32 bits per heavy atom. The van der Waals surface area contributed by atoms with Gasteiger partial charge in [-0.3, -0.25) is 4.79 Å². The third-order valence-corrected chi connectivity index (χ3v) is 4.50. The van der Waals surface area contributed by atoms with E-state index in [0.29, 0.717) is 19.4 Å². The summed E-state index contributed by atoms with van der Waals surface area (Å²) in [5.41, 5.74) is 1.44. The molecule has 2 fully saturated rings. The molecule has 2 unspecified atom stereocenters. The maximum atomic E-state index is 13.2. The van der Waals surface area contributed by atoms with Crippen molar-refractivity contribution in [1.82, 2.24) is 0 Å². The number of halogens is 2. The molecule has 1 heterocycles. The zero-order valence-electron chi connectivity index (χ0n) is 10.4. The van der Waals surface area contributed by atoms with Crippen LogP contribution in [-0.4, -0.2) is 12.6 Å². The lowest BCUT2D eigenvalue weighted by atomic mass is 9.75. The highest BCUT2D eigenvalue weighted by atomic mass is 35.5. The molecule has 1 saturated carbocycles. The molecule has 1 aliphatic heterocycles. The lowest BCUT2D eigenvalue weighted by Gasteiger charge is -2.24. The van der Waals surface area contributed by atoms with E-state index in [0.717, 1.165) is 17.6 Å². The Balaban J connectivity index is 1.93. The Hall–Kier alpha value is -1.35. The summed E-state index contributed by atoms with van der Waals surface area (Å²) < 4.78 is 18.4. The maximum absolute atomic E-state index is 13.2. The summed E-state index contributed by atoms with van der Waals surface area (Å²) in [5.74, 6) is -0.405. The predicted molar refractivity (Wildman–Crippen MR) is 70.4 cm³/mol. The van der Waals surface area contributed by atoms with Gasteiger partial charge in [-0.1, -0.05) is 29.8 Å². The van der Waals surface area contributed by atoms with Gasteiger partial charge in [0.25, 0.3) is 0 Å². The van der Waals surface area contributed by atoms with Gasteiger partial charge in [0.05, 0.1) is 17.0 Å². The van der Waals surface area contributed by atoms with Crippen molar-refractivity contribution in [3.8, 4) is 0 Å². The SMILES string of the molecule is C=C1CC2COC(=O)C2(Cc2ccc(F)c(Cl)c2)C1. The fourth-order valence-electron chi connectivity index (χ4n) is 3.28. The van der Waals surface area contributed by atoms with Gasteiger partial charge in [0.2, 0.25) is 0 Å². The third kappa shape index (κ3) is 1.96. The monoisotopic (exact) mass is 280 g/mol. The summed E-state index contributed by atoms with van der Waals surface area (Å²) in [6.07, 6.45) is 2.03. The van der Waals surface area contributed by atoms with Gasteiger partial charge in [-0.25, -0.2) is 4.39 Å². The van der Waals surface area contributed by atoms with Crippen molar-refractivity contribution < 1.29 is 13.9 Å². The molecule has 0 bridgehead atoms. The van der Waals surface area contributed by atoms with Crippen molar-refractivity contribution >= 4 is 17.6 Å². The molecule has 0 aromatic heterocycles. The van der Waals surface area contributed by atoms with E-state index in [1.807, 2.05) is 0 Å². The van der Waals surface area contributed by atoms with Gasteiger partial charge in [-0.15, -0.1) is 0 Å². The number of fused-ring (bicyclic) bond motifs is 1. The molecule has 0 amide bonds. The summed E-state index contributed by atoms with van der Waals surface area (Å²) in [6, 6.07) is 4.61. The standard InChI is InChI=1S/C15H14ClFO2/c1-9-4-11-8-19-14(18)15(11,6-9)7-10-2-3-13(17)12(16)5-10/h2-3,5,11H,1,4,6-8H2. The largest absolute Gasteiger partial charge is 0.465 e. The first kappa shape index (κ1) is 12.7. The van der Waals surface area contributed by atoms with Crippen LogP contribution in [0.4, 0.5) is 4.39 Å². The van der Waals surface area contributed by atoms with Gasteiger partial charge >= 0.3 is 5.97 Å². The second kappa shape index (κ2) is 4.34. The molecule has 3 rings (SSSR count). The third-order valence-electron chi connectivity index (χ3n) is 4.21. The average molecular weight is 281 g/mol. The first-order chi connectivity index (χ1) is 9.01. The molecule has 2 atom stereocenters. The number of allylic oxidation sites excluding steroid dienone is 1. The number of benzene rings is 1. The van der Waals surface area contributed by atoms with E-state index in [1.165, 1.54) is 6.07 Å². The lowest BCUT2D eigenvalue weighted by Crippen LogP contribution is -2.31. The van der Waals surface area contributed by atoms with Gasteiger partial charge in [-0.2, -0.15) is 0 Å². The Morgan fingerprint density at radius 3 is 3.05 bits per heavy atom. The highest BCUT2D eigenvalue weighted by molar-refractivity contribution is 6.30. The molecule has 1 aromatic carbocycles. The van der Waals surface area contributed by atoms with Crippen LogP contribution in [-0.2, 0) is 16.0 Å². The highest BCUT2D eigenvalue weighted by Gasteiger charge is 2.55. The van der Waals surface area contributed by atoms with Crippen LogP contribution in [0.2, 0.25) is 5.02 Å². The topological polar surface area (TPSA) is 26.3 Å². The second-order valence-corrected chi connectivity index (χ2v) is 5.91. The van der Waals surface area contributed by atoms with Crippen molar-refractivity contribution in [1.29, 1.82) is 0 Å². The fraction of sp³-hybridized carbons (Fsp3) is 0.400. The van der Waals surface area contributed by atoms with Gasteiger partial charge in [-0.05, 0) is 37.0 Å². The lowest BCUT2D eigenvalue weighted by molar-refractivity contribution is -0.146. The first-order valence-corrected chi connectivity index (χ1v) is 6.67. The Bertz CT molecular complexity index is 569. The van der Waals surface area contributed by atoms with E-state index >= 15 is 0 Å². The smallest absolute Gasteiger partial charge is 0.313 e. The summed E-state index contributed by atoms with van der Waals surface area (Å²) in [6.45, 7) is 4.46. The Morgan fingerprint density at radius 1 is 1.53 bits per heavy atom. The van der Waals surface area contributed by atoms with Crippen LogP contribution in [0.15, 0.2) is 30.4 Å². The number of carbonyl (C=O) groups excluding carboxylic acids is 1. The van der Waals surface area contributed by atoms with Crippen molar-refractivity contribution in [3.63, 3.8) is 0 Å². The number of cyclic esters (lactones) is 1. The van der Waals surface area contributed by atoms with E-state index in [-0.39, 0.29) is 16.9 Å². The van der Waals surface area contributed by atoms with E-state index in [4.69, 9.17) is 16.3 Å². The van der Waals surface area contributed by atoms with Crippen LogP contribution in [0.3, 0.4) is 0 Å². The van der Waals surface area contributed by atoms with Crippen molar-refractivity contribution in [3.05, 3.63) is 46.8 Å². The summed E-state index contributed by atoms with van der Waals surface area (Å²) in [4.78, 5) is 12.1. The quantitative estimate of drug-likeness (QED) is 0.612. The first-order valence-electron chi connectivity index (χ1n) is 6.29. The molecule has 2 nitrogen and oxygen atoms in total. The number of ether oxygens (including phenoxy) is 1. The molecular weight excluding hydrogens is 267 g/mol. The second-order valence-electron chi connectivity index (χ2n) is 5.51. The molecule has 1 saturated heterocycles. The van der Waals surface area contributed by atoms with Gasteiger partial charge in [0.15, 0.2) is 0 Å². The minimum atomic E-state index is -0.516. The van der Waals surface area contributed by atoms with Gasteiger partial charge in [0.1, 0.15) is 5.82 Å². The molecule has 0 N–H and O–H groups in total. The number of hydrogen-bond acceptors (Lipinski definition) is 2. The molecule has 4 heteroatoms. The number of carbonyl (C=O) groups is 1. The van der Waals surface area contributed by atoms with Crippen LogP contribution in [0, 0.1) is 17.2 Å². The van der Waals surface area contributed by atoms with E-state index in [2.05, 4.69) is 6.58 Å². The number of rotatable bonds is 2. The van der Waals surface area contributed by atoms with Crippen molar-refractivity contribution in [2.75, 3.05) is 6.61 Å². The van der Waals surface area contributed by atoms with Crippen LogP contribution in [0.5, 0.6) is 0 Å².